The molecule has 0 fully saturated rings. The van der Waals surface area contributed by atoms with Crippen molar-refractivity contribution in [2.24, 2.45) is 0 Å². The summed E-state index contributed by atoms with van der Waals surface area (Å²) < 4.78 is 1.20. The Morgan fingerprint density at radius 1 is 0.947 bits per heavy atom. The van der Waals surface area contributed by atoms with Gasteiger partial charge >= 0.3 is 0 Å². The third kappa shape index (κ3) is 2.06. The number of aryl methyl sites for hydroxylation is 2. The average molecular weight is 313 g/mol. The third-order valence-electron chi connectivity index (χ3n) is 4.15. The zero-order chi connectivity index (χ0) is 13.6. The van der Waals surface area contributed by atoms with Gasteiger partial charge in [-0.15, -0.1) is 0 Å². The molecule has 0 bridgehead atoms. The molecule has 0 N–H and O–H groups in total. The molecule has 0 saturated carbocycles. The van der Waals surface area contributed by atoms with Crippen LogP contribution in [-0.2, 0) is 0 Å². The fourth-order valence-corrected chi connectivity index (χ4v) is 3.18. The lowest BCUT2D eigenvalue weighted by atomic mass is 9.88. The first-order valence-corrected chi connectivity index (χ1v) is 7.41. The van der Waals surface area contributed by atoms with Gasteiger partial charge in [-0.05, 0) is 60.2 Å². The van der Waals surface area contributed by atoms with E-state index in [2.05, 4.69) is 79.2 Å². The lowest BCUT2D eigenvalue weighted by Gasteiger charge is -2.17. The van der Waals surface area contributed by atoms with Crippen molar-refractivity contribution in [3.05, 3.63) is 74.3 Å². The number of allylic oxidation sites excluding steroid dienone is 1. The minimum absolute atomic E-state index is 0.395. The molecule has 1 unspecified atom stereocenters. The van der Waals surface area contributed by atoms with Crippen molar-refractivity contribution in [3.8, 4) is 0 Å². The van der Waals surface area contributed by atoms with E-state index in [9.17, 15) is 0 Å². The van der Waals surface area contributed by atoms with Crippen molar-refractivity contribution in [2.75, 3.05) is 0 Å². The second kappa shape index (κ2) is 4.64. The maximum Gasteiger partial charge on any atom is 0.0281 e. The summed E-state index contributed by atoms with van der Waals surface area (Å²) in [5, 5.41) is 0. The molecule has 0 aromatic heterocycles. The zero-order valence-corrected chi connectivity index (χ0v) is 13.1. The SMILES string of the molecule is Cc1cc2c(cc1Br)C(c1cccc(C)c1C)C=C2. The Kier molecular flexibility index (Phi) is 3.10. The molecule has 96 valence electrons. The van der Waals surface area contributed by atoms with Crippen LogP contribution in [0, 0.1) is 20.8 Å². The second-order valence-electron chi connectivity index (χ2n) is 5.36. The first kappa shape index (κ1) is 12.7. The van der Waals surface area contributed by atoms with Gasteiger partial charge in [0.1, 0.15) is 0 Å². The van der Waals surface area contributed by atoms with Crippen LogP contribution in [0.1, 0.15) is 39.3 Å². The van der Waals surface area contributed by atoms with Gasteiger partial charge in [-0.25, -0.2) is 0 Å². The summed E-state index contributed by atoms with van der Waals surface area (Å²) in [7, 11) is 0. The average Bonchev–Trinajstić information content (AvgIpc) is 2.76. The first-order chi connectivity index (χ1) is 9.08. The van der Waals surface area contributed by atoms with Gasteiger partial charge in [-0.2, -0.15) is 0 Å². The van der Waals surface area contributed by atoms with Crippen molar-refractivity contribution in [1.29, 1.82) is 0 Å². The first-order valence-electron chi connectivity index (χ1n) is 6.62. The summed E-state index contributed by atoms with van der Waals surface area (Å²) >= 11 is 3.65. The second-order valence-corrected chi connectivity index (χ2v) is 6.21. The smallest absolute Gasteiger partial charge is 0.0281 e. The van der Waals surface area contributed by atoms with E-state index in [4.69, 9.17) is 0 Å². The Hall–Kier alpha value is -1.34. The fourth-order valence-electron chi connectivity index (χ4n) is 2.82. The predicted molar refractivity (Wildman–Crippen MR) is 85.7 cm³/mol. The highest BCUT2D eigenvalue weighted by molar-refractivity contribution is 9.10. The highest BCUT2D eigenvalue weighted by atomic mass is 79.9. The van der Waals surface area contributed by atoms with Gasteiger partial charge < -0.3 is 0 Å². The van der Waals surface area contributed by atoms with Crippen LogP contribution in [0.25, 0.3) is 6.08 Å². The largest absolute Gasteiger partial charge is 0.0720 e. The molecule has 2 aromatic carbocycles. The van der Waals surface area contributed by atoms with Crippen LogP contribution in [0.2, 0.25) is 0 Å². The predicted octanol–water partition coefficient (Wildman–Crippen LogP) is 5.53. The van der Waals surface area contributed by atoms with Crippen LogP contribution in [0.3, 0.4) is 0 Å². The van der Waals surface area contributed by atoms with E-state index in [1.54, 1.807) is 0 Å². The van der Waals surface area contributed by atoms with E-state index in [0.717, 1.165) is 0 Å². The van der Waals surface area contributed by atoms with Crippen LogP contribution >= 0.6 is 15.9 Å². The lowest BCUT2D eigenvalue weighted by molar-refractivity contribution is 1.02. The molecule has 0 nitrogen and oxygen atoms in total. The molecule has 2 aromatic rings. The molecule has 0 aliphatic heterocycles. The van der Waals surface area contributed by atoms with E-state index in [0.29, 0.717) is 5.92 Å². The summed E-state index contributed by atoms with van der Waals surface area (Å²) in [6, 6.07) is 11.1. The number of rotatable bonds is 1. The van der Waals surface area contributed by atoms with E-state index in [-0.39, 0.29) is 0 Å². The molecule has 0 amide bonds. The Morgan fingerprint density at radius 3 is 2.53 bits per heavy atom. The topological polar surface area (TPSA) is 0 Å². The van der Waals surface area contributed by atoms with Crippen LogP contribution in [0.5, 0.6) is 0 Å². The van der Waals surface area contributed by atoms with Gasteiger partial charge in [0, 0.05) is 10.4 Å². The van der Waals surface area contributed by atoms with Gasteiger partial charge in [0.05, 0.1) is 0 Å². The molecule has 1 aliphatic carbocycles. The molecular weight excluding hydrogens is 296 g/mol. The van der Waals surface area contributed by atoms with Crippen LogP contribution in [0.15, 0.2) is 40.9 Å². The summed E-state index contributed by atoms with van der Waals surface area (Å²) in [5.41, 5.74) is 8.25. The van der Waals surface area contributed by atoms with Gasteiger partial charge in [0.15, 0.2) is 0 Å². The summed E-state index contributed by atoms with van der Waals surface area (Å²) in [6.45, 7) is 6.55. The number of fused-ring (bicyclic) bond motifs is 1. The summed E-state index contributed by atoms with van der Waals surface area (Å²) in [5.74, 6) is 0.395. The maximum atomic E-state index is 3.65. The van der Waals surface area contributed by atoms with E-state index in [1.807, 2.05) is 0 Å². The molecule has 0 heterocycles. The molecule has 0 radical (unpaired) electrons. The molecular formula is C18H17Br. The Morgan fingerprint density at radius 2 is 1.74 bits per heavy atom. The van der Waals surface area contributed by atoms with Gasteiger partial charge in [0.25, 0.3) is 0 Å². The van der Waals surface area contributed by atoms with E-state index >= 15 is 0 Å². The van der Waals surface area contributed by atoms with E-state index in [1.165, 1.54) is 37.9 Å². The highest BCUT2D eigenvalue weighted by Gasteiger charge is 2.21. The molecule has 1 heteroatoms. The summed E-state index contributed by atoms with van der Waals surface area (Å²) in [6.07, 6.45) is 4.57. The Labute approximate surface area is 123 Å². The fraction of sp³-hybridized carbons (Fsp3) is 0.222. The standard InChI is InChI=1S/C18H17Br/c1-11-5-4-6-15(13(11)3)16-8-7-14-9-12(2)18(19)10-17(14)16/h4-10,16H,1-3H3. The lowest BCUT2D eigenvalue weighted by Crippen LogP contribution is -2.00. The number of hydrogen-bond acceptors (Lipinski definition) is 0. The third-order valence-corrected chi connectivity index (χ3v) is 5.00. The van der Waals surface area contributed by atoms with Crippen molar-refractivity contribution < 1.29 is 0 Å². The molecule has 3 rings (SSSR count). The minimum Gasteiger partial charge on any atom is -0.0720 e. The van der Waals surface area contributed by atoms with Crippen LogP contribution in [0.4, 0.5) is 0 Å². The number of halogens is 1. The molecule has 0 spiro atoms. The Bertz CT molecular complexity index is 680. The maximum absolute atomic E-state index is 3.65. The van der Waals surface area contributed by atoms with Crippen molar-refractivity contribution in [2.45, 2.75) is 26.7 Å². The molecule has 19 heavy (non-hydrogen) atoms. The summed E-state index contributed by atoms with van der Waals surface area (Å²) in [4.78, 5) is 0. The van der Waals surface area contributed by atoms with Crippen molar-refractivity contribution in [1.82, 2.24) is 0 Å². The van der Waals surface area contributed by atoms with E-state index < -0.39 is 0 Å². The van der Waals surface area contributed by atoms with Gasteiger partial charge in [-0.3, -0.25) is 0 Å². The minimum atomic E-state index is 0.395. The number of benzene rings is 2. The van der Waals surface area contributed by atoms with Crippen LogP contribution in [-0.4, -0.2) is 0 Å². The molecule has 1 atom stereocenters. The van der Waals surface area contributed by atoms with Gasteiger partial charge in [0.2, 0.25) is 0 Å². The zero-order valence-electron chi connectivity index (χ0n) is 11.5. The van der Waals surface area contributed by atoms with Crippen LogP contribution < -0.4 is 0 Å². The van der Waals surface area contributed by atoms with Crippen molar-refractivity contribution >= 4 is 22.0 Å². The number of hydrogen-bond donors (Lipinski definition) is 0. The van der Waals surface area contributed by atoms with Crippen molar-refractivity contribution in [3.63, 3.8) is 0 Å². The van der Waals surface area contributed by atoms with Gasteiger partial charge in [-0.1, -0.05) is 52.3 Å². The molecule has 0 saturated heterocycles. The molecule has 1 aliphatic rings. The quantitative estimate of drug-likeness (QED) is 0.649. The normalized spacial score (nSPS) is 16.7. The monoisotopic (exact) mass is 312 g/mol. The highest BCUT2D eigenvalue weighted by Crippen LogP contribution is 2.39. The Balaban J connectivity index is 2.15.